The minimum Gasteiger partial charge on any atom is -0.359 e. The Morgan fingerprint density at radius 2 is 2.18 bits per heavy atom. The summed E-state index contributed by atoms with van der Waals surface area (Å²) in [6, 6.07) is 9.91. The van der Waals surface area contributed by atoms with Crippen LogP contribution >= 0.6 is 0 Å². The van der Waals surface area contributed by atoms with E-state index in [4.69, 9.17) is 4.74 Å². The molecular weight excluding hydrogens is 220 g/mol. The van der Waals surface area contributed by atoms with Crippen molar-refractivity contribution in [3.05, 3.63) is 46.0 Å². The molecule has 92 valence electrons. The van der Waals surface area contributed by atoms with Gasteiger partial charge in [-0.15, -0.1) is 0 Å². The van der Waals surface area contributed by atoms with Crippen LogP contribution in [0.4, 0.5) is 0 Å². The fraction of sp³-hybridized carbons (Fsp3) is 0.500. The molecule has 17 heavy (non-hydrogen) atoms. The summed E-state index contributed by atoms with van der Waals surface area (Å²) >= 11 is 0. The van der Waals surface area contributed by atoms with Gasteiger partial charge in [0.1, 0.15) is 6.61 Å². The molecule has 0 aliphatic carbocycles. The van der Waals surface area contributed by atoms with Gasteiger partial charge >= 0.3 is 0 Å². The highest BCUT2D eigenvalue weighted by molar-refractivity contribution is 5.14. The van der Waals surface area contributed by atoms with Crippen LogP contribution in [0.5, 0.6) is 0 Å². The number of rotatable bonds is 3. The minimum atomic E-state index is -0.993. The van der Waals surface area contributed by atoms with Gasteiger partial charge in [0.25, 0.3) is 5.54 Å². The van der Waals surface area contributed by atoms with Crippen molar-refractivity contribution in [2.75, 3.05) is 19.9 Å². The van der Waals surface area contributed by atoms with Gasteiger partial charge in [-0.25, -0.2) is 0 Å². The summed E-state index contributed by atoms with van der Waals surface area (Å²) < 4.78 is 5.32. The van der Waals surface area contributed by atoms with Gasteiger partial charge in [-0.1, -0.05) is 30.3 Å². The van der Waals surface area contributed by atoms with E-state index in [0.717, 1.165) is 5.56 Å². The van der Waals surface area contributed by atoms with Crippen LogP contribution in [0.3, 0.4) is 0 Å². The summed E-state index contributed by atoms with van der Waals surface area (Å²) in [7, 11) is 0. The molecule has 0 aromatic heterocycles. The van der Waals surface area contributed by atoms with E-state index in [1.54, 1.807) is 6.92 Å². The Kier molecular flexibility index (Phi) is 3.40. The van der Waals surface area contributed by atoms with Crippen molar-refractivity contribution < 1.29 is 9.66 Å². The normalized spacial score (nSPS) is 25.7. The molecule has 1 heterocycles. The lowest BCUT2D eigenvalue weighted by Gasteiger charge is -2.34. The van der Waals surface area contributed by atoms with Crippen LogP contribution in [0.15, 0.2) is 30.3 Å². The zero-order chi connectivity index (χ0) is 12.3. The Bertz CT molecular complexity index is 396. The maximum Gasteiger partial charge on any atom is 0.254 e. The first-order valence-electron chi connectivity index (χ1n) is 5.59. The van der Waals surface area contributed by atoms with Crippen molar-refractivity contribution in [1.82, 2.24) is 4.90 Å². The van der Waals surface area contributed by atoms with E-state index in [0.29, 0.717) is 19.8 Å². The van der Waals surface area contributed by atoms with Gasteiger partial charge in [0.05, 0.1) is 13.3 Å². The molecule has 1 aliphatic heterocycles. The van der Waals surface area contributed by atoms with E-state index in [9.17, 15) is 10.1 Å². The van der Waals surface area contributed by atoms with Gasteiger partial charge in [-0.2, -0.15) is 0 Å². The van der Waals surface area contributed by atoms with Gasteiger partial charge in [0.15, 0.2) is 0 Å². The monoisotopic (exact) mass is 236 g/mol. The second kappa shape index (κ2) is 4.81. The Morgan fingerprint density at radius 1 is 1.47 bits per heavy atom. The molecule has 0 radical (unpaired) electrons. The highest BCUT2D eigenvalue weighted by atomic mass is 16.6. The van der Waals surface area contributed by atoms with Crippen LogP contribution in [0.1, 0.15) is 12.5 Å². The fourth-order valence-corrected chi connectivity index (χ4v) is 2.02. The lowest BCUT2D eigenvalue weighted by molar-refractivity contribution is -0.576. The Labute approximate surface area is 100 Å². The number of nitro groups is 1. The first kappa shape index (κ1) is 12.0. The SMILES string of the molecule is CC1([N+](=O)[O-])COCN(Cc2ccccc2)C1. The molecule has 1 fully saturated rings. The fourth-order valence-electron chi connectivity index (χ4n) is 2.02. The van der Waals surface area contributed by atoms with E-state index >= 15 is 0 Å². The zero-order valence-electron chi connectivity index (χ0n) is 9.83. The quantitative estimate of drug-likeness (QED) is 0.589. The molecule has 2 rings (SSSR count). The van der Waals surface area contributed by atoms with Crippen LogP contribution in [-0.4, -0.2) is 35.2 Å². The van der Waals surface area contributed by atoms with Crippen molar-refractivity contribution in [3.63, 3.8) is 0 Å². The van der Waals surface area contributed by atoms with Crippen LogP contribution < -0.4 is 0 Å². The Morgan fingerprint density at radius 3 is 2.82 bits per heavy atom. The van der Waals surface area contributed by atoms with Crippen molar-refractivity contribution >= 4 is 0 Å². The van der Waals surface area contributed by atoms with Gasteiger partial charge in [0.2, 0.25) is 0 Å². The second-order valence-corrected chi connectivity index (χ2v) is 4.70. The number of nitrogens with zero attached hydrogens (tertiary/aromatic N) is 2. The molecule has 0 amide bonds. The van der Waals surface area contributed by atoms with E-state index in [1.807, 2.05) is 35.2 Å². The third-order valence-corrected chi connectivity index (χ3v) is 2.94. The topological polar surface area (TPSA) is 55.6 Å². The smallest absolute Gasteiger partial charge is 0.254 e. The predicted molar refractivity (Wildman–Crippen MR) is 63.1 cm³/mol. The van der Waals surface area contributed by atoms with Gasteiger partial charge in [-0.05, 0) is 5.56 Å². The molecule has 1 aromatic rings. The Balaban J connectivity index is 2.01. The van der Waals surface area contributed by atoms with E-state index < -0.39 is 5.54 Å². The maximum absolute atomic E-state index is 11.0. The highest BCUT2D eigenvalue weighted by Gasteiger charge is 2.42. The first-order valence-corrected chi connectivity index (χ1v) is 5.59. The van der Waals surface area contributed by atoms with E-state index in [1.165, 1.54) is 0 Å². The minimum absolute atomic E-state index is 0.186. The summed E-state index contributed by atoms with van der Waals surface area (Å²) in [6.07, 6.45) is 0. The van der Waals surface area contributed by atoms with Crippen LogP contribution in [0.25, 0.3) is 0 Å². The second-order valence-electron chi connectivity index (χ2n) is 4.70. The maximum atomic E-state index is 11.0. The van der Waals surface area contributed by atoms with Crippen LogP contribution in [-0.2, 0) is 11.3 Å². The third kappa shape index (κ3) is 2.81. The number of benzene rings is 1. The summed E-state index contributed by atoms with van der Waals surface area (Å²) in [5.41, 5.74) is 0.149. The molecular formula is C12H16N2O3. The van der Waals surface area contributed by atoms with Crippen LogP contribution in [0.2, 0.25) is 0 Å². The number of hydrogen-bond acceptors (Lipinski definition) is 4. The number of hydrogen-bond donors (Lipinski definition) is 0. The molecule has 1 saturated heterocycles. The Hall–Kier alpha value is -1.46. The van der Waals surface area contributed by atoms with Crippen molar-refractivity contribution in [1.29, 1.82) is 0 Å². The van der Waals surface area contributed by atoms with Crippen molar-refractivity contribution in [2.24, 2.45) is 0 Å². The van der Waals surface area contributed by atoms with E-state index in [2.05, 4.69) is 0 Å². The third-order valence-electron chi connectivity index (χ3n) is 2.94. The molecule has 1 atom stereocenters. The largest absolute Gasteiger partial charge is 0.359 e. The first-order chi connectivity index (χ1) is 8.10. The molecule has 0 spiro atoms. The average Bonchev–Trinajstić information content (AvgIpc) is 2.30. The average molecular weight is 236 g/mol. The van der Waals surface area contributed by atoms with Gasteiger partial charge in [-0.3, -0.25) is 15.0 Å². The van der Waals surface area contributed by atoms with Gasteiger partial charge in [0, 0.05) is 18.4 Å². The summed E-state index contributed by atoms with van der Waals surface area (Å²) in [5.74, 6) is 0. The molecule has 0 bridgehead atoms. The van der Waals surface area contributed by atoms with Gasteiger partial charge < -0.3 is 4.74 Å². The van der Waals surface area contributed by atoms with Crippen molar-refractivity contribution in [3.8, 4) is 0 Å². The summed E-state index contributed by atoms with van der Waals surface area (Å²) in [6.45, 7) is 3.38. The molecule has 1 unspecified atom stereocenters. The standard InChI is InChI=1S/C12H16N2O3/c1-12(14(15)16)8-13(10-17-9-12)7-11-5-3-2-4-6-11/h2-6H,7-10H2,1H3. The molecule has 5 heteroatoms. The van der Waals surface area contributed by atoms with Crippen molar-refractivity contribution in [2.45, 2.75) is 19.0 Å². The highest BCUT2D eigenvalue weighted by Crippen LogP contribution is 2.19. The summed E-state index contributed by atoms with van der Waals surface area (Å²) in [4.78, 5) is 12.7. The number of ether oxygens (including phenoxy) is 1. The molecule has 0 N–H and O–H groups in total. The summed E-state index contributed by atoms with van der Waals surface area (Å²) in [5, 5.41) is 11.0. The zero-order valence-corrected chi connectivity index (χ0v) is 9.83. The molecule has 1 aliphatic rings. The van der Waals surface area contributed by atoms with Crippen LogP contribution in [0, 0.1) is 10.1 Å². The molecule has 1 aromatic carbocycles. The molecule has 5 nitrogen and oxygen atoms in total. The van der Waals surface area contributed by atoms with E-state index in [-0.39, 0.29) is 11.5 Å². The lowest BCUT2D eigenvalue weighted by atomic mass is 10.0. The predicted octanol–water partition coefficient (Wildman–Crippen LogP) is 1.51. The molecule has 0 saturated carbocycles. The lowest BCUT2D eigenvalue weighted by Crippen LogP contribution is -2.54.